The first-order valence-electron chi connectivity index (χ1n) is 5.42. The SMILES string of the molecule is C=CCCC(C)NCc1c(F)cccc1Cl. The van der Waals surface area contributed by atoms with Crippen LogP contribution in [0.25, 0.3) is 0 Å². The Labute approximate surface area is 101 Å². The summed E-state index contributed by atoms with van der Waals surface area (Å²) in [5.41, 5.74) is 0.537. The van der Waals surface area contributed by atoms with Gasteiger partial charge < -0.3 is 5.32 Å². The van der Waals surface area contributed by atoms with Gasteiger partial charge in [0.1, 0.15) is 5.82 Å². The van der Waals surface area contributed by atoms with Gasteiger partial charge in [-0.3, -0.25) is 0 Å². The van der Waals surface area contributed by atoms with Gasteiger partial charge in [-0.2, -0.15) is 0 Å². The molecule has 0 aromatic heterocycles. The standard InChI is InChI=1S/C13H17ClFN/c1-3-4-6-10(2)16-9-11-12(14)7-5-8-13(11)15/h3,5,7-8,10,16H,1,4,6,9H2,2H3. The Balaban J connectivity index is 2.51. The topological polar surface area (TPSA) is 12.0 Å². The number of nitrogens with one attached hydrogen (secondary N) is 1. The van der Waals surface area contributed by atoms with Crippen LogP contribution in [0.2, 0.25) is 5.02 Å². The lowest BCUT2D eigenvalue weighted by Gasteiger charge is -2.13. The van der Waals surface area contributed by atoms with Crippen LogP contribution in [0.15, 0.2) is 30.9 Å². The van der Waals surface area contributed by atoms with Crippen molar-refractivity contribution in [3.05, 3.63) is 47.3 Å². The van der Waals surface area contributed by atoms with Crippen LogP contribution >= 0.6 is 11.6 Å². The maximum atomic E-state index is 13.4. The Kier molecular flexibility index (Phi) is 5.50. The Hall–Kier alpha value is -0.860. The highest BCUT2D eigenvalue weighted by Crippen LogP contribution is 2.18. The quantitative estimate of drug-likeness (QED) is 0.745. The van der Waals surface area contributed by atoms with Crippen molar-refractivity contribution >= 4 is 11.6 Å². The van der Waals surface area contributed by atoms with Crippen molar-refractivity contribution in [3.8, 4) is 0 Å². The molecule has 0 saturated carbocycles. The average molecular weight is 242 g/mol. The molecule has 0 aliphatic carbocycles. The zero-order valence-electron chi connectivity index (χ0n) is 9.47. The molecule has 1 atom stereocenters. The molecule has 16 heavy (non-hydrogen) atoms. The third kappa shape index (κ3) is 3.95. The normalized spacial score (nSPS) is 12.4. The molecule has 1 unspecified atom stereocenters. The van der Waals surface area contributed by atoms with E-state index in [4.69, 9.17) is 11.6 Å². The van der Waals surface area contributed by atoms with Gasteiger partial charge in [0.25, 0.3) is 0 Å². The average Bonchev–Trinajstić information content (AvgIpc) is 2.25. The van der Waals surface area contributed by atoms with Crippen molar-refractivity contribution in [1.29, 1.82) is 0 Å². The summed E-state index contributed by atoms with van der Waals surface area (Å²) in [6, 6.07) is 5.07. The molecular weight excluding hydrogens is 225 g/mol. The van der Waals surface area contributed by atoms with Crippen molar-refractivity contribution in [2.75, 3.05) is 0 Å². The van der Waals surface area contributed by atoms with E-state index >= 15 is 0 Å². The van der Waals surface area contributed by atoms with E-state index < -0.39 is 0 Å². The first-order valence-corrected chi connectivity index (χ1v) is 5.80. The molecule has 0 spiro atoms. The highest BCUT2D eigenvalue weighted by atomic mass is 35.5. The van der Waals surface area contributed by atoms with Crippen molar-refractivity contribution in [2.24, 2.45) is 0 Å². The molecule has 0 heterocycles. The summed E-state index contributed by atoms with van der Waals surface area (Å²) in [4.78, 5) is 0. The predicted molar refractivity (Wildman–Crippen MR) is 67.1 cm³/mol. The number of hydrogen-bond acceptors (Lipinski definition) is 1. The zero-order chi connectivity index (χ0) is 12.0. The second-order valence-corrected chi connectivity index (χ2v) is 4.26. The van der Waals surface area contributed by atoms with Crippen molar-refractivity contribution < 1.29 is 4.39 Å². The van der Waals surface area contributed by atoms with Gasteiger partial charge >= 0.3 is 0 Å². The van der Waals surface area contributed by atoms with Gasteiger partial charge in [0.2, 0.25) is 0 Å². The smallest absolute Gasteiger partial charge is 0.129 e. The number of hydrogen-bond donors (Lipinski definition) is 1. The van der Waals surface area contributed by atoms with E-state index in [0.29, 0.717) is 23.2 Å². The van der Waals surface area contributed by atoms with Crippen LogP contribution < -0.4 is 5.32 Å². The molecule has 0 amide bonds. The minimum atomic E-state index is -0.254. The summed E-state index contributed by atoms with van der Waals surface area (Å²) in [7, 11) is 0. The molecule has 0 aliphatic rings. The molecular formula is C13H17ClFN. The van der Waals surface area contributed by atoms with Crippen LogP contribution in [0.3, 0.4) is 0 Å². The van der Waals surface area contributed by atoms with Gasteiger partial charge in [0, 0.05) is 23.2 Å². The highest BCUT2D eigenvalue weighted by Gasteiger charge is 2.07. The van der Waals surface area contributed by atoms with E-state index in [0.717, 1.165) is 12.8 Å². The molecule has 3 heteroatoms. The lowest BCUT2D eigenvalue weighted by molar-refractivity contribution is 0.504. The van der Waals surface area contributed by atoms with Crippen LogP contribution in [0.1, 0.15) is 25.3 Å². The van der Waals surface area contributed by atoms with E-state index in [1.165, 1.54) is 6.07 Å². The van der Waals surface area contributed by atoms with Gasteiger partial charge in [0.05, 0.1) is 0 Å². The molecule has 0 aliphatic heterocycles. The Morgan fingerprint density at radius 2 is 2.31 bits per heavy atom. The van der Waals surface area contributed by atoms with Crippen LogP contribution in [0.5, 0.6) is 0 Å². The molecule has 1 nitrogen and oxygen atoms in total. The minimum Gasteiger partial charge on any atom is -0.310 e. The van der Waals surface area contributed by atoms with Crippen molar-refractivity contribution in [3.63, 3.8) is 0 Å². The second-order valence-electron chi connectivity index (χ2n) is 3.85. The maximum absolute atomic E-state index is 13.4. The fraction of sp³-hybridized carbons (Fsp3) is 0.385. The third-order valence-electron chi connectivity index (χ3n) is 2.49. The minimum absolute atomic E-state index is 0.254. The van der Waals surface area contributed by atoms with Gasteiger partial charge in [-0.15, -0.1) is 6.58 Å². The first kappa shape index (κ1) is 13.2. The molecule has 1 aromatic carbocycles. The number of rotatable bonds is 6. The summed E-state index contributed by atoms with van der Waals surface area (Å²) in [6.07, 6.45) is 3.84. The van der Waals surface area contributed by atoms with Crippen LogP contribution in [-0.4, -0.2) is 6.04 Å². The molecule has 0 bridgehead atoms. The predicted octanol–water partition coefficient (Wildman–Crippen LogP) is 3.92. The Bertz CT molecular complexity index is 332. The summed E-state index contributed by atoms with van der Waals surface area (Å²) in [5.74, 6) is -0.254. The molecule has 88 valence electrons. The Morgan fingerprint density at radius 1 is 1.56 bits per heavy atom. The highest BCUT2D eigenvalue weighted by molar-refractivity contribution is 6.31. The monoisotopic (exact) mass is 241 g/mol. The number of halogens is 2. The van der Waals surface area contributed by atoms with Crippen LogP contribution in [0, 0.1) is 5.82 Å². The fourth-order valence-corrected chi connectivity index (χ4v) is 1.68. The van der Waals surface area contributed by atoms with Gasteiger partial charge in [0.15, 0.2) is 0 Å². The zero-order valence-corrected chi connectivity index (χ0v) is 10.2. The molecule has 1 aromatic rings. The van der Waals surface area contributed by atoms with Crippen molar-refractivity contribution in [1.82, 2.24) is 5.32 Å². The van der Waals surface area contributed by atoms with Gasteiger partial charge in [-0.05, 0) is 31.9 Å². The summed E-state index contributed by atoms with van der Waals surface area (Å²) < 4.78 is 13.4. The van der Waals surface area contributed by atoms with E-state index in [9.17, 15) is 4.39 Å². The van der Waals surface area contributed by atoms with Crippen molar-refractivity contribution in [2.45, 2.75) is 32.4 Å². The van der Waals surface area contributed by atoms with Gasteiger partial charge in [-0.25, -0.2) is 4.39 Å². The lowest BCUT2D eigenvalue weighted by Crippen LogP contribution is -2.25. The number of benzene rings is 1. The largest absolute Gasteiger partial charge is 0.310 e. The summed E-state index contributed by atoms with van der Waals surface area (Å²) >= 11 is 5.92. The molecule has 1 rings (SSSR count). The van der Waals surface area contributed by atoms with E-state index in [-0.39, 0.29) is 5.82 Å². The summed E-state index contributed by atoms with van der Waals surface area (Å²) in [5, 5.41) is 3.72. The first-order chi connectivity index (χ1) is 7.65. The lowest BCUT2D eigenvalue weighted by atomic mass is 10.1. The molecule has 1 N–H and O–H groups in total. The second kappa shape index (κ2) is 6.66. The molecule has 0 fully saturated rings. The maximum Gasteiger partial charge on any atom is 0.129 e. The Morgan fingerprint density at radius 3 is 2.94 bits per heavy atom. The van der Waals surface area contributed by atoms with E-state index in [1.54, 1.807) is 12.1 Å². The third-order valence-corrected chi connectivity index (χ3v) is 2.85. The summed E-state index contributed by atoms with van der Waals surface area (Å²) in [6.45, 7) is 6.20. The van der Waals surface area contributed by atoms with E-state index in [1.807, 2.05) is 6.08 Å². The van der Waals surface area contributed by atoms with Crippen LogP contribution in [0.4, 0.5) is 4.39 Å². The number of allylic oxidation sites excluding steroid dienone is 1. The van der Waals surface area contributed by atoms with Gasteiger partial charge in [-0.1, -0.05) is 23.7 Å². The van der Waals surface area contributed by atoms with Crippen LogP contribution in [-0.2, 0) is 6.54 Å². The fourth-order valence-electron chi connectivity index (χ4n) is 1.45. The molecule has 0 saturated heterocycles. The molecule has 0 radical (unpaired) electrons. The van der Waals surface area contributed by atoms with E-state index in [2.05, 4.69) is 18.8 Å².